The Kier molecular flexibility index (Phi) is 2.43. The van der Waals surface area contributed by atoms with Crippen molar-refractivity contribution >= 4 is 10.0 Å². The molecule has 0 aliphatic carbocycles. The Hall–Kier alpha value is -0.910. The number of hydrogen-bond acceptors (Lipinski definition) is 3. The molecule has 0 saturated heterocycles. The van der Waals surface area contributed by atoms with Crippen LogP contribution in [0.1, 0.15) is 19.4 Å². The van der Waals surface area contributed by atoms with Crippen molar-refractivity contribution in [1.29, 1.82) is 0 Å². The van der Waals surface area contributed by atoms with Crippen LogP contribution in [0.25, 0.3) is 0 Å². The van der Waals surface area contributed by atoms with E-state index in [1.54, 1.807) is 12.1 Å². The van der Waals surface area contributed by atoms with Gasteiger partial charge in [0.05, 0.1) is 10.4 Å². The van der Waals surface area contributed by atoms with E-state index in [1.165, 1.54) is 0 Å². The Bertz CT molecular complexity index is 452. The van der Waals surface area contributed by atoms with Crippen LogP contribution in [0, 0.1) is 0 Å². The van der Waals surface area contributed by atoms with Gasteiger partial charge in [-0.1, -0.05) is 18.2 Å². The number of rotatable bonds is 0. The van der Waals surface area contributed by atoms with E-state index in [4.69, 9.17) is 0 Å². The van der Waals surface area contributed by atoms with Crippen LogP contribution in [0.3, 0.4) is 0 Å². The topological polar surface area (TPSA) is 81.2 Å². The second kappa shape index (κ2) is 3.05. The van der Waals surface area contributed by atoms with E-state index in [0.717, 1.165) is 5.56 Å². The van der Waals surface area contributed by atoms with Crippen molar-refractivity contribution in [2.45, 2.75) is 24.3 Å². The molecule has 5 heteroatoms. The van der Waals surface area contributed by atoms with Gasteiger partial charge in [0.15, 0.2) is 0 Å². The van der Waals surface area contributed by atoms with E-state index in [1.807, 2.05) is 26.0 Å². The van der Waals surface area contributed by atoms with Crippen molar-refractivity contribution in [2.75, 3.05) is 0 Å². The van der Waals surface area contributed by atoms with Crippen LogP contribution >= 0.6 is 0 Å². The summed E-state index contributed by atoms with van der Waals surface area (Å²) in [5.41, 5.74) is 0.366. The molecule has 2 rings (SSSR count). The highest BCUT2D eigenvalue weighted by Crippen LogP contribution is 2.34. The van der Waals surface area contributed by atoms with Crippen LogP contribution < -0.4 is 10.9 Å². The first kappa shape index (κ1) is 11.2. The molecular formula is C9H14N2O2S. The molecule has 0 unspecified atom stereocenters. The maximum absolute atomic E-state index is 11.6. The summed E-state index contributed by atoms with van der Waals surface area (Å²) in [5, 5.41) is 0. The van der Waals surface area contributed by atoms with Crippen molar-refractivity contribution in [3.8, 4) is 0 Å². The van der Waals surface area contributed by atoms with Gasteiger partial charge in [-0.25, -0.2) is 13.1 Å². The Morgan fingerprint density at radius 1 is 1.21 bits per heavy atom. The zero-order valence-electron chi connectivity index (χ0n) is 8.24. The summed E-state index contributed by atoms with van der Waals surface area (Å²) in [6.45, 7) is 3.72. The normalized spacial score (nSPS) is 21.0. The molecule has 0 amide bonds. The van der Waals surface area contributed by atoms with Crippen LogP contribution in [-0.2, 0) is 15.6 Å². The molecule has 14 heavy (non-hydrogen) atoms. The molecule has 4 N–H and O–H groups in total. The molecule has 0 bridgehead atoms. The number of sulfonamides is 1. The molecule has 1 aromatic carbocycles. The highest BCUT2D eigenvalue weighted by molar-refractivity contribution is 7.89. The number of nitrogens with one attached hydrogen (secondary N) is 1. The highest BCUT2D eigenvalue weighted by atomic mass is 32.2. The predicted molar refractivity (Wildman–Crippen MR) is 54.8 cm³/mol. The molecule has 0 radical (unpaired) electrons. The van der Waals surface area contributed by atoms with E-state index in [-0.39, 0.29) is 6.15 Å². The van der Waals surface area contributed by atoms with Crippen molar-refractivity contribution in [2.24, 2.45) is 0 Å². The van der Waals surface area contributed by atoms with Gasteiger partial charge in [-0.3, -0.25) is 0 Å². The Balaban J connectivity index is 0.000000980. The number of benzene rings is 1. The molecule has 1 aliphatic heterocycles. The SMILES string of the molecule is CC1(C)NS(=O)(=O)c2ccccc21.N. The average molecular weight is 214 g/mol. The smallest absolute Gasteiger partial charge is 0.241 e. The molecular weight excluding hydrogens is 200 g/mol. The lowest BCUT2D eigenvalue weighted by Crippen LogP contribution is -2.32. The summed E-state index contributed by atoms with van der Waals surface area (Å²) in [4.78, 5) is 0.403. The van der Waals surface area contributed by atoms with Crippen molar-refractivity contribution in [3.63, 3.8) is 0 Å². The van der Waals surface area contributed by atoms with Gasteiger partial charge in [-0.15, -0.1) is 0 Å². The first-order valence-corrected chi connectivity index (χ1v) is 5.55. The van der Waals surface area contributed by atoms with Crippen LogP contribution in [0.5, 0.6) is 0 Å². The van der Waals surface area contributed by atoms with Gasteiger partial charge in [0.1, 0.15) is 0 Å². The molecule has 1 aromatic rings. The standard InChI is InChI=1S/C9H11NO2S.H3N/c1-9(2)7-5-3-4-6-8(7)13(11,12)10-9;/h3-6,10H,1-2H3;1H3. The van der Waals surface area contributed by atoms with Gasteiger partial charge in [0.2, 0.25) is 10.0 Å². The largest absolute Gasteiger partial charge is 0.344 e. The van der Waals surface area contributed by atoms with Gasteiger partial charge in [-0.05, 0) is 25.5 Å². The molecule has 0 aromatic heterocycles. The Labute approximate surface area is 84.0 Å². The maximum Gasteiger partial charge on any atom is 0.241 e. The molecule has 0 fully saturated rings. The quantitative estimate of drug-likeness (QED) is 0.684. The van der Waals surface area contributed by atoms with E-state index < -0.39 is 15.6 Å². The third kappa shape index (κ3) is 1.43. The van der Waals surface area contributed by atoms with Crippen LogP contribution in [-0.4, -0.2) is 8.42 Å². The second-order valence-electron chi connectivity index (χ2n) is 3.73. The number of fused-ring (bicyclic) bond motifs is 1. The van der Waals surface area contributed by atoms with Crippen molar-refractivity contribution in [3.05, 3.63) is 29.8 Å². The molecule has 4 nitrogen and oxygen atoms in total. The van der Waals surface area contributed by atoms with E-state index >= 15 is 0 Å². The zero-order valence-corrected chi connectivity index (χ0v) is 9.06. The van der Waals surface area contributed by atoms with Gasteiger partial charge >= 0.3 is 0 Å². The minimum atomic E-state index is -3.26. The first-order chi connectivity index (χ1) is 5.93. The Morgan fingerprint density at radius 2 is 1.79 bits per heavy atom. The van der Waals surface area contributed by atoms with Crippen molar-refractivity contribution in [1.82, 2.24) is 10.9 Å². The lowest BCUT2D eigenvalue weighted by Gasteiger charge is -2.16. The average Bonchev–Trinajstić information content (AvgIpc) is 2.20. The molecule has 0 spiro atoms. The fourth-order valence-corrected chi connectivity index (χ4v) is 3.43. The minimum absolute atomic E-state index is 0. The van der Waals surface area contributed by atoms with Crippen molar-refractivity contribution < 1.29 is 8.42 Å². The highest BCUT2D eigenvalue weighted by Gasteiger charge is 2.38. The Morgan fingerprint density at radius 3 is 2.36 bits per heavy atom. The molecule has 0 atom stereocenters. The maximum atomic E-state index is 11.6. The molecule has 0 saturated carbocycles. The summed E-state index contributed by atoms with van der Waals surface area (Å²) in [7, 11) is -3.26. The zero-order chi connectivity index (χ0) is 9.69. The monoisotopic (exact) mass is 214 g/mol. The van der Waals surface area contributed by atoms with Gasteiger partial charge < -0.3 is 6.15 Å². The van der Waals surface area contributed by atoms with E-state index in [0.29, 0.717) is 4.90 Å². The third-order valence-corrected chi connectivity index (χ3v) is 3.95. The van der Waals surface area contributed by atoms with Gasteiger partial charge in [0, 0.05) is 0 Å². The fraction of sp³-hybridized carbons (Fsp3) is 0.333. The van der Waals surface area contributed by atoms with Crippen LogP contribution in [0.2, 0.25) is 0 Å². The summed E-state index contributed by atoms with van der Waals surface area (Å²) in [6, 6.07) is 7.06. The van der Waals surface area contributed by atoms with E-state index in [9.17, 15) is 8.42 Å². The minimum Gasteiger partial charge on any atom is -0.344 e. The van der Waals surface area contributed by atoms with Crippen LogP contribution in [0.4, 0.5) is 0 Å². The predicted octanol–water partition coefficient (Wildman–Crippen LogP) is 1.38. The molecule has 78 valence electrons. The molecule has 1 aliphatic rings. The summed E-state index contributed by atoms with van der Waals surface area (Å²) in [5.74, 6) is 0. The summed E-state index contributed by atoms with van der Waals surface area (Å²) < 4.78 is 25.7. The van der Waals surface area contributed by atoms with Crippen LogP contribution in [0.15, 0.2) is 29.2 Å². The summed E-state index contributed by atoms with van der Waals surface area (Å²) in [6.07, 6.45) is 0. The van der Waals surface area contributed by atoms with Gasteiger partial charge in [-0.2, -0.15) is 0 Å². The lowest BCUT2D eigenvalue weighted by molar-refractivity contribution is 0.494. The second-order valence-corrected chi connectivity index (χ2v) is 5.38. The van der Waals surface area contributed by atoms with Gasteiger partial charge in [0.25, 0.3) is 0 Å². The van der Waals surface area contributed by atoms with E-state index in [2.05, 4.69) is 4.72 Å². The summed E-state index contributed by atoms with van der Waals surface area (Å²) >= 11 is 0. The lowest BCUT2D eigenvalue weighted by atomic mass is 9.96. The molecule has 1 heterocycles. The fourth-order valence-electron chi connectivity index (χ4n) is 1.66. The third-order valence-electron chi connectivity index (χ3n) is 2.24. The first-order valence-electron chi connectivity index (χ1n) is 4.07. The number of hydrogen-bond donors (Lipinski definition) is 2.